The zero-order valence-corrected chi connectivity index (χ0v) is 24.4. The summed E-state index contributed by atoms with van der Waals surface area (Å²) in [6, 6.07) is 11.2. The highest BCUT2D eigenvalue weighted by molar-refractivity contribution is 7.89. The van der Waals surface area contributed by atoms with E-state index in [0.29, 0.717) is 35.5 Å². The highest BCUT2D eigenvalue weighted by Gasteiger charge is 2.43. The Morgan fingerprint density at radius 3 is 2.54 bits per heavy atom. The molecule has 0 radical (unpaired) electrons. The Morgan fingerprint density at radius 2 is 1.80 bits per heavy atom. The summed E-state index contributed by atoms with van der Waals surface area (Å²) in [4.78, 5) is 22.6. The van der Waals surface area contributed by atoms with Crippen LogP contribution in [0.5, 0.6) is 0 Å². The van der Waals surface area contributed by atoms with Crippen molar-refractivity contribution in [2.75, 3.05) is 31.1 Å². The summed E-state index contributed by atoms with van der Waals surface area (Å²) in [7, 11) is -3.82. The SMILES string of the molecule is CC1(C)c2cc(N3CCCCC3N3C=CCC3)c(S(=O)(=O)N3CCCC3)cc2C(=O)c2c1[nH]c1cc(C#N)ccc21. The van der Waals surface area contributed by atoms with E-state index in [1.54, 1.807) is 22.5 Å². The number of sulfonamides is 1. The first-order chi connectivity index (χ1) is 19.7. The predicted octanol–water partition coefficient (Wildman–Crippen LogP) is 5.23. The molecule has 3 aliphatic heterocycles. The number of carbonyl (C=O) groups excluding carboxylic acids is 1. The second-order valence-electron chi connectivity index (χ2n) is 12.3. The van der Waals surface area contributed by atoms with E-state index < -0.39 is 15.4 Å². The minimum atomic E-state index is -3.82. The van der Waals surface area contributed by atoms with Gasteiger partial charge < -0.3 is 14.8 Å². The molecule has 8 nitrogen and oxygen atoms in total. The van der Waals surface area contributed by atoms with Crippen molar-refractivity contribution >= 4 is 32.4 Å². The number of rotatable bonds is 4. The molecule has 1 aromatic heterocycles. The number of benzene rings is 2. The molecule has 1 N–H and O–H groups in total. The molecule has 0 bridgehead atoms. The maximum Gasteiger partial charge on any atom is 0.245 e. The van der Waals surface area contributed by atoms with E-state index in [4.69, 9.17) is 0 Å². The van der Waals surface area contributed by atoms with Gasteiger partial charge in [-0.15, -0.1) is 0 Å². The van der Waals surface area contributed by atoms with Crippen LogP contribution in [0.2, 0.25) is 0 Å². The molecule has 2 fully saturated rings. The third kappa shape index (κ3) is 3.95. The number of nitrogens with zero attached hydrogens (tertiary/aromatic N) is 4. The van der Waals surface area contributed by atoms with E-state index in [0.717, 1.165) is 73.8 Å². The number of nitrogens with one attached hydrogen (secondary N) is 1. The lowest BCUT2D eigenvalue weighted by molar-refractivity contribution is 0.103. The maximum atomic E-state index is 14.3. The van der Waals surface area contributed by atoms with Crippen LogP contribution in [0.15, 0.2) is 47.5 Å². The molecule has 7 rings (SSSR count). The molecule has 41 heavy (non-hydrogen) atoms. The van der Waals surface area contributed by atoms with Gasteiger partial charge in [0.25, 0.3) is 0 Å². The quantitative estimate of drug-likeness (QED) is 0.462. The van der Waals surface area contributed by atoms with Crippen LogP contribution < -0.4 is 4.90 Å². The summed E-state index contributed by atoms with van der Waals surface area (Å²) in [5.74, 6) is -0.174. The van der Waals surface area contributed by atoms with Crippen LogP contribution in [0.4, 0.5) is 5.69 Å². The van der Waals surface area contributed by atoms with Gasteiger partial charge in [-0.2, -0.15) is 9.57 Å². The third-order valence-electron chi connectivity index (χ3n) is 9.49. The minimum Gasteiger partial charge on any atom is -0.357 e. The van der Waals surface area contributed by atoms with Crippen molar-refractivity contribution in [3.8, 4) is 6.07 Å². The molecular weight excluding hydrogens is 534 g/mol. The summed E-state index contributed by atoms with van der Waals surface area (Å²) >= 11 is 0. The van der Waals surface area contributed by atoms with Crippen molar-refractivity contribution in [1.82, 2.24) is 14.2 Å². The van der Waals surface area contributed by atoms with Gasteiger partial charge in [0.15, 0.2) is 5.78 Å². The first-order valence-electron chi connectivity index (χ1n) is 14.7. The molecule has 9 heteroatoms. The number of fused-ring (bicyclic) bond motifs is 4. The van der Waals surface area contributed by atoms with E-state index in [9.17, 15) is 18.5 Å². The standard InChI is InChI=1S/C32H35N5O3S/c1-32(2)24-19-26(37-16-4-3-9-28(37)35-12-5-6-13-35)27(41(39,40)36-14-7-8-15-36)18-23(24)30(38)29-22-11-10-21(20-33)17-25(22)34-31(29)32/h5,10-12,17-19,28,34H,3-4,6-9,13-16H2,1-2H3. The number of piperidine rings is 1. The van der Waals surface area contributed by atoms with Crippen molar-refractivity contribution in [3.05, 3.63) is 70.6 Å². The van der Waals surface area contributed by atoms with Crippen LogP contribution in [-0.4, -0.2) is 60.7 Å². The fourth-order valence-corrected chi connectivity index (χ4v) is 9.03. The van der Waals surface area contributed by atoms with Gasteiger partial charge in [0, 0.05) is 53.8 Å². The number of aromatic amines is 1. The van der Waals surface area contributed by atoms with Crippen molar-refractivity contribution in [2.45, 2.75) is 68.8 Å². The molecule has 2 aromatic carbocycles. The molecule has 212 valence electrons. The number of aromatic nitrogens is 1. The van der Waals surface area contributed by atoms with E-state index in [-0.39, 0.29) is 16.8 Å². The summed E-state index contributed by atoms with van der Waals surface area (Å²) < 4.78 is 30.2. The average molecular weight is 570 g/mol. The zero-order chi connectivity index (χ0) is 28.5. The Bertz CT molecular complexity index is 1760. The molecule has 3 aromatic rings. The first kappa shape index (κ1) is 26.3. The fraction of sp³-hybridized carbons (Fsp3) is 0.438. The third-order valence-corrected chi connectivity index (χ3v) is 11.4. The van der Waals surface area contributed by atoms with E-state index in [1.165, 1.54) is 0 Å². The topological polar surface area (TPSA) is 101 Å². The number of carbonyl (C=O) groups is 1. The number of hydrogen-bond donors (Lipinski definition) is 1. The minimum absolute atomic E-state index is 0.0727. The molecule has 0 saturated carbocycles. The van der Waals surface area contributed by atoms with Gasteiger partial charge >= 0.3 is 0 Å². The second kappa shape index (κ2) is 9.47. The molecule has 1 aliphatic carbocycles. The molecule has 0 amide bonds. The lowest BCUT2D eigenvalue weighted by Gasteiger charge is -2.44. The van der Waals surface area contributed by atoms with Gasteiger partial charge in [0.1, 0.15) is 11.1 Å². The normalized spacial score (nSPS) is 22.3. The number of hydrogen-bond acceptors (Lipinski definition) is 6. The fourth-order valence-electron chi connectivity index (χ4n) is 7.31. The van der Waals surface area contributed by atoms with Crippen LogP contribution in [-0.2, 0) is 15.4 Å². The number of ketones is 1. The van der Waals surface area contributed by atoms with E-state index in [1.807, 2.05) is 12.1 Å². The number of H-pyrrole nitrogens is 1. The first-order valence-corrected chi connectivity index (χ1v) is 16.1. The molecular formula is C32H35N5O3S. The Labute approximate surface area is 241 Å². The predicted molar refractivity (Wildman–Crippen MR) is 158 cm³/mol. The Kier molecular flexibility index (Phi) is 6.07. The highest BCUT2D eigenvalue weighted by Crippen LogP contribution is 2.47. The maximum absolute atomic E-state index is 14.3. The smallest absolute Gasteiger partial charge is 0.245 e. The summed E-state index contributed by atoms with van der Waals surface area (Å²) in [5.41, 5.74) is 4.03. The summed E-state index contributed by atoms with van der Waals surface area (Å²) in [6.07, 6.45) is 10.1. The van der Waals surface area contributed by atoms with Crippen molar-refractivity contribution in [1.29, 1.82) is 5.26 Å². The lowest BCUT2D eigenvalue weighted by Crippen LogP contribution is -2.49. The van der Waals surface area contributed by atoms with Crippen molar-refractivity contribution < 1.29 is 13.2 Å². The largest absolute Gasteiger partial charge is 0.357 e. The summed E-state index contributed by atoms with van der Waals surface area (Å²) in [6.45, 7) is 6.88. The van der Waals surface area contributed by atoms with Gasteiger partial charge in [-0.05, 0) is 74.6 Å². The number of anilines is 1. The molecule has 2 saturated heterocycles. The summed E-state index contributed by atoms with van der Waals surface area (Å²) in [5, 5.41) is 10.2. The Balaban J connectivity index is 1.46. The van der Waals surface area contributed by atoms with Crippen molar-refractivity contribution in [3.63, 3.8) is 0 Å². The van der Waals surface area contributed by atoms with Gasteiger partial charge in [0.05, 0.1) is 22.9 Å². The monoisotopic (exact) mass is 569 g/mol. The van der Waals surface area contributed by atoms with E-state index in [2.05, 4.69) is 47.0 Å². The van der Waals surface area contributed by atoms with Gasteiger partial charge in [0.2, 0.25) is 10.0 Å². The molecule has 1 unspecified atom stereocenters. The van der Waals surface area contributed by atoms with Crippen LogP contribution in [0.3, 0.4) is 0 Å². The van der Waals surface area contributed by atoms with E-state index >= 15 is 0 Å². The molecule has 4 heterocycles. The highest BCUT2D eigenvalue weighted by atomic mass is 32.2. The molecule has 4 aliphatic rings. The van der Waals surface area contributed by atoms with Gasteiger partial charge in [-0.25, -0.2) is 8.42 Å². The van der Waals surface area contributed by atoms with Crippen LogP contribution in [0.1, 0.15) is 85.1 Å². The second-order valence-corrected chi connectivity index (χ2v) is 14.2. The Hall–Kier alpha value is -3.61. The van der Waals surface area contributed by atoms with Gasteiger partial charge in [-0.1, -0.05) is 26.0 Å². The Morgan fingerprint density at radius 1 is 1.02 bits per heavy atom. The van der Waals surface area contributed by atoms with Gasteiger partial charge in [-0.3, -0.25) is 4.79 Å². The molecule has 0 spiro atoms. The molecule has 1 atom stereocenters. The zero-order valence-electron chi connectivity index (χ0n) is 23.6. The average Bonchev–Trinajstić information content (AvgIpc) is 3.77. The van der Waals surface area contributed by atoms with Crippen LogP contribution >= 0.6 is 0 Å². The van der Waals surface area contributed by atoms with Crippen LogP contribution in [0, 0.1) is 11.3 Å². The lowest BCUT2D eigenvalue weighted by atomic mass is 9.71. The number of nitriles is 1. The van der Waals surface area contributed by atoms with Crippen LogP contribution in [0.25, 0.3) is 10.9 Å². The van der Waals surface area contributed by atoms with Crippen molar-refractivity contribution in [2.24, 2.45) is 0 Å².